The smallest absolute Gasteiger partial charge is 0.0763 e. The summed E-state index contributed by atoms with van der Waals surface area (Å²) in [6.07, 6.45) is 2.26. The summed E-state index contributed by atoms with van der Waals surface area (Å²) >= 11 is 6.01. The Morgan fingerprint density at radius 2 is 2.19 bits per heavy atom. The second-order valence-electron chi connectivity index (χ2n) is 3.60. The van der Waals surface area contributed by atoms with Crippen molar-refractivity contribution in [1.29, 1.82) is 0 Å². The number of nitrogens with two attached hydrogens (primary N) is 1. The number of halogens is 1. The number of nitrogens with one attached hydrogen (secondary N) is 1. The van der Waals surface area contributed by atoms with E-state index in [9.17, 15) is 0 Å². The zero-order valence-electron chi connectivity index (χ0n) is 9.63. The summed E-state index contributed by atoms with van der Waals surface area (Å²) in [6, 6.07) is 5.48. The molecule has 0 atom stereocenters. The fraction of sp³-hybridized carbons (Fsp3) is 0.500. The van der Waals surface area contributed by atoms with E-state index in [0.717, 1.165) is 31.7 Å². The highest BCUT2D eigenvalue weighted by Gasteiger charge is 2.02. The van der Waals surface area contributed by atoms with Crippen molar-refractivity contribution in [3.05, 3.63) is 23.2 Å². The van der Waals surface area contributed by atoms with E-state index in [1.54, 1.807) is 0 Å². The molecule has 1 aromatic carbocycles. The minimum absolute atomic E-state index is 0.647. The zero-order valence-corrected chi connectivity index (χ0v) is 10.4. The molecule has 0 unspecified atom stereocenters. The van der Waals surface area contributed by atoms with Crippen molar-refractivity contribution in [1.82, 2.24) is 0 Å². The van der Waals surface area contributed by atoms with Crippen LogP contribution >= 0.6 is 11.6 Å². The third kappa shape index (κ3) is 4.29. The van der Waals surface area contributed by atoms with Gasteiger partial charge in [0.1, 0.15) is 0 Å². The summed E-state index contributed by atoms with van der Waals surface area (Å²) in [5.74, 6) is 0. The van der Waals surface area contributed by atoms with Crippen molar-refractivity contribution in [2.45, 2.75) is 19.8 Å². The van der Waals surface area contributed by atoms with Gasteiger partial charge in [-0.15, -0.1) is 0 Å². The maximum absolute atomic E-state index is 6.01. The van der Waals surface area contributed by atoms with E-state index in [2.05, 4.69) is 12.2 Å². The lowest BCUT2D eigenvalue weighted by Gasteiger charge is -2.11. The fourth-order valence-electron chi connectivity index (χ4n) is 1.32. The van der Waals surface area contributed by atoms with Crippen molar-refractivity contribution < 1.29 is 4.74 Å². The number of hydrogen-bond donors (Lipinski definition) is 2. The summed E-state index contributed by atoms with van der Waals surface area (Å²) in [5.41, 5.74) is 7.26. The number of ether oxygens (including phenoxy) is 1. The normalized spacial score (nSPS) is 10.4. The molecule has 0 aliphatic rings. The highest BCUT2D eigenvalue weighted by atomic mass is 35.5. The van der Waals surface area contributed by atoms with Crippen molar-refractivity contribution >= 4 is 23.0 Å². The average Bonchev–Trinajstić information content (AvgIpc) is 2.26. The summed E-state index contributed by atoms with van der Waals surface area (Å²) in [7, 11) is 0. The Morgan fingerprint density at radius 3 is 2.88 bits per heavy atom. The molecule has 0 saturated heterocycles. The van der Waals surface area contributed by atoms with Crippen LogP contribution < -0.4 is 11.1 Å². The number of anilines is 2. The first-order valence-electron chi connectivity index (χ1n) is 5.61. The van der Waals surface area contributed by atoms with E-state index in [4.69, 9.17) is 22.1 Å². The number of nitrogen functional groups attached to an aromatic ring is 1. The predicted octanol–water partition coefficient (Wildman–Crippen LogP) is 3.15. The van der Waals surface area contributed by atoms with Crippen LogP contribution in [0.2, 0.25) is 5.02 Å². The molecule has 0 spiro atoms. The molecule has 0 radical (unpaired) electrons. The van der Waals surface area contributed by atoms with E-state index >= 15 is 0 Å². The molecule has 0 fully saturated rings. The van der Waals surface area contributed by atoms with Gasteiger partial charge in [0.2, 0.25) is 0 Å². The predicted molar refractivity (Wildman–Crippen MR) is 70.1 cm³/mol. The van der Waals surface area contributed by atoms with E-state index in [1.807, 2.05) is 18.2 Å². The van der Waals surface area contributed by atoms with E-state index in [1.165, 1.54) is 0 Å². The minimum atomic E-state index is 0.647. The van der Waals surface area contributed by atoms with Gasteiger partial charge in [-0.1, -0.05) is 31.0 Å². The van der Waals surface area contributed by atoms with Crippen LogP contribution in [-0.4, -0.2) is 19.8 Å². The minimum Gasteiger partial charge on any atom is -0.397 e. The molecule has 1 rings (SSSR count). The van der Waals surface area contributed by atoms with Gasteiger partial charge in [0.25, 0.3) is 0 Å². The summed E-state index contributed by atoms with van der Waals surface area (Å²) in [5, 5.41) is 3.82. The molecular formula is C12H19ClN2O. The molecule has 0 bridgehead atoms. The number of rotatable bonds is 7. The molecule has 1 aromatic rings. The van der Waals surface area contributed by atoms with Crippen molar-refractivity contribution in [2.24, 2.45) is 0 Å². The van der Waals surface area contributed by atoms with Crippen LogP contribution in [0.25, 0.3) is 0 Å². The first-order chi connectivity index (χ1) is 7.75. The number of unbranched alkanes of at least 4 members (excludes halogenated alkanes) is 1. The second-order valence-corrected chi connectivity index (χ2v) is 4.00. The lowest BCUT2D eigenvalue weighted by atomic mass is 10.2. The van der Waals surface area contributed by atoms with Crippen LogP contribution in [0.15, 0.2) is 18.2 Å². The Morgan fingerprint density at radius 1 is 1.38 bits per heavy atom. The molecule has 90 valence electrons. The molecule has 0 aliphatic heterocycles. The van der Waals surface area contributed by atoms with Crippen LogP contribution in [-0.2, 0) is 4.74 Å². The third-order valence-corrected chi connectivity index (χ3v) is 2.55. The Bertz CT molecular complexity index is 298. The van der Waals surface area contributed by atoms with Gasteiger partial charge in [0.15, 0.2) is 0 Å². The fourth-order valence-corrected chi connectivity index (χ4v) is 1.57. The van der Waals surface area contributed by atoms with Gasteiger partial charge in [0, 0.05) is 13.2 Å². The maximum atomic E-state index is 6.01. The highest BCUT2D eigenvalue weighted by molar-refractivity contribution is 6.33. The summed E-state index contributed by atoms with van der Waals surface area (Å²) in [6.45, 7) is 4.35. The Kier molecular flexibility index (Phi) is 6.04. The van der Waals surface area contributed by atoms with E-state index < -0.39 is 0 Å². The molecule has 16 heavy (non-hydrogen) atoms. The zero-order chi connectivity index (χ0) is 11.8. The molecule has 0 amide bonds. The van der Waals surface area contributed by atoms with Gasteiger partial charge in [-0.2, -0.15) is 0 Å². The standard InChI is InChI=1S/C12H19ClN2O/c1-2-3-8-16-9-7-15-12-10(13)5-4-6-11(12)14/h4-6,15H,2-3,7-9,14H2,1H3. The number of para-hydroxylation sites is 1. The number of benzene rings is 1. The first kappa shape index (κ1) is 13.1. The molecular weight excluding hydrogens is 224 g/mol. The average molecular weight is 243 g/mol. The van der Waals surface area contributed by atoms with Crippen molar-refractivity contribution in [2.75, 3.05) is 30.8 Å². The van der Waals surface area contributed by atoms with Gasteiger partial charge < -0.3 is 15.8 Å². The van der Waals surface area contributed by atoms with Crippen LogP contribution in [0.1, 0.15) is 19.8 Å². The Balaban J connectivity index is 2.26. The van der Waals surface area contributed by atoms with Crippen LogP contribution in [0.5, 0.6) is 0 Å². The SMILES string of the molecule is CCCCOCCNc1c(N)cccc1Cl. The monoisotopic (exact) mass is 242 g/mol. The third-order valence-electron chi connectivity index (χ3n) is 2.24. The van der Waals surface area contributed by atoms with Gasteiger partial charge >= 0.3 is 0 Å². The molecule has 0 heterocycles. The quantitative estimate of drug-likeness (QED) is 0.570. The van der Waals surface area contributed by atoms with Crippen LogP contribution in [0.3, 0.4) is 0 Å². The lowest BCUT2D eigenvalue weighted by molar-refractivity contribution is 0.141. The van der Waals surface area contributed by atoms with Crippen molar-refractivity contribution in [3.63, 3.8) is 0 Å². The lowest BCUT2D eigenvalue weighted by Crippen LogP contribution is -2.11. The molecule has 0 aliphatic carbocycles. The highest BCUT2D eigenvalue weighted by Crippen LogP contribution is 2.27. The summed E-state index contributed by atoms with van der Waals surface area (Å²) in [4.78, 5) is 0. The molecule has 0 saturated carbocycles. The Hall–Kier alpha value is -0.930. The van der Waals surface area contributed by atoms with Crippen LogP contribution in [0, 0.1) is 0 Å². The summed E-state index contributed by atoms with van der Waals surface area (Å²) < 4.78 is 5.43. The molecule has 3 nitrogen and oxygen atoms in total. The molecule has 3 N–H and O–H groups in total. The van der Waals surface area contributed by atoms with Gasteiger partial charge in [-0.3, -0.25) is 0 Å². The van der Waals surface area contributed by atoms with Gasteiger partial charge in [-0.05, 0) is 18.6 Å². The molecule has 4 heteroatoms. The van der Waals surface area contributed by atoms with E-state index in [-0.39, 0.29) is 0 Å². The first-order valence-corrected chi connectivity index (χ1v) is 5.99. The maximum Gasteiger partial charge on any atom is 0.0763 e. The van der Waals surface area contributed by atoms with Gasteiger partial charge in [0.05, 0.1) is 23.0 Å². The van der Waals surface area contributed by atoms with Gasteiger partial charge in [-0.25, -0.2) is 0 Å². The topological polar surface area (TPSA) is 47.3 Å². The van der Waals surface area contributed by atoms with E-state index in [0.29, 0.717) is 17.3 Å². The second kappa shape index (κ2) is 7.36. The molecule has 0 aromatic heterocycles. The Labute approximate surface area is 102 Å². The number of hydrogen-bond acceptors (Lipinski definition) is 3. The van der Waals surface area contributed by atoms with Crippen LogP contribution in [0.4, 0.5) is 11.4 Å². The largest absolute Gasteiger partial charge is 0.397 e. The van der Waals surface area contributed by atoms with Crippen molar-refractivity contribution in [3.8, 4) is 0 Å².